The molecular weight excluding hydrogens is 395 g/mol. The lowest BCUT2D eigenvalue weighted by atomic mass is 10.1. The summed E-state index contributed by atoms with van der Waals surface area (Å²) in [6, 6.07) is 2.38. The van der Waals surface area contributed by atoms with Crippen molar-refractivity contribution < 1.29 is 13.2 Å². The van der Waals surface area contributed by atoms with Gasteiger partial charge in [0.25, 0.3) is 0 Å². The lowest BCUT2D eigenvalue weighted by Crippen LogP contribution is -2.43. The first-order valence-corrected chi connectivity index (χ1v) is 9.93. The van der Waals surface area contributed by atoms with Crippen molar-refractivity contribution in [3.05, 3.63) is 40.8 Å². The van der Waals surface area contributed by atoms with Crippen LogP contribution in [0.15, 0.2) is 23.3 Å². The van der Waals surface area contributed by atoms with E-state index < -0.39 is 11.7 Å². The van der Waals surface area contributed by atoms with E-state index >= 15 is 0 Å². The summed E-state index contributed by atoms with van der Waals surface area (Å²) in [4.78, 5) is 8.25. The van der Waals surface area contributed by atoms with E-state index in [0.29, 0.717) is 19.0 Å². The van der Waals surface area contributed by atoms with Crippen LogP contribution in [-0.2, 0) is 19.6 Å². The molecular formula is C20H30F3N7. The molecule has 1 unspecified atom stereocenters. The Hall–Kier alpha value is -2.78. The molecule has 0 spiro atoms. The molecule has 0 aliphatic rings. The van der Waals surface area contributed by atoms with Gasteiger partial charge < -0.3 is 16.0 Å². The minimum atomic E-state index is -4.45. The highest BCUT2D eigenvalue weighted by Gasteiger charge is 2.33. The van der Waals surface area contributed by atoms with Gasteiger partial charge in [-0.2, -0.15) is 18.3 Å². The fourth-order valence-electron chi connectivity index (χ4n) is 3.14. The highest BCUT2D eigenvalue weighted by atomic mass is 19.4. The Labute approximate surface area is 175 Å². The number of aryl methyl sites for hydroxylation is 2. The van der Waals surface area contributed by atoms with Crippen LogP contribution >= 0.6 is 0 Å². The van der Waals surface area contributed by atoms with Gasteiger partial charge in [0.1, 0.15) is 5.82 Å². The molecule has 2 rings (SSSR count). The van der Waals surface area contributed by atoms with Crippen molar-refractivity contribution in [2.45, 2.75) is 46.3 Å². The Balaban J connectivity index is 1.95. The second kappa shape index (κ2) is 10.3. The second-order valence-electron chi connectivity index (χ2n) is 7.11. The van der Waals surface area contributed by atoms with Gasteiger partial charge in [-0.3, -0.25) is 9.67 Å². The number of pyridine rings is 1. The quantitative estimate of drug-likeness (QED) is 0.344. The summed E-state index contributed by atoms with van der Waals surface area (Å²) in [7, 11) is 1.92. The van der Waals surface area contributed by atoms with Gasteiger partial charge in [0.15, 0.2) is 5.96 Å². The normalized spacial score (nSPS) is 13.3. The van der Waals surface area contributed by atoms with Gasteiger partial charge in [-0.1, -0.05) is 0 Å². The summed E-state index contributed by atoms with van der Waals surface area (Å²) in [5.41, 5.74) is 2.55. The zero-order valence-corrected chi connectivity index (χ0v) is 18.1. The van der Waals surface area contributed by atoms with Crippen molar-refractivity contribution in [3.8, 4) is 0 Å². The number of alkyl halides is 3. The maximum absolute atomic E-state index is 13.0. The van der Waals surface area contributed by atoms with Gasteiger partial charge in [-0.05, 0) is 51.8 Å². The van der Waals surface area contributed by atoms with E-state index in [1.807, 2.05) is 32.5 Å². The molecule has 166 valence electrons. The summed E-state index contributed by atoms with van der Waals surface area (Å²) in [6.45, 7) is 9.24. The number of hydrogen-bond donors (Lipinski definition) is 3. The van der Waals surface area contributed by atoms with Crippen molar-refractivity contribution >= 4 is 11.8 Å². The number of nitrogens with one attached hydrogen (secondary N) is 3. The van der Waals surface area contributed by atoms with E-state index in [2.05, 4.69) is 37.9 Å². The van der Waals surface area contributed by atoms with Crippen LogP contribution in [0.4, 0.5) is 19.0 Å². The third-order valence-electron chi connectivity index (χ3n) is 4.68. The number of aliphatic imine (C=N–C) groups is 1. The number of anilines is 1. The lowest BCUT2D eigenvalue weighted by molar-refractivity contribution is -0.137. The molecule has 0 radical (unpaired) electrons. The molecule has 0 saturated carbocycles. The van der Waals surface area contributed by atoms with Crippen LogP contribution in [-0.4, -0.2) is 46.4 Å². The van der Waals surface area contributed by atoms with Crippen molar-refractivity contribution in [1.29, 1.82) is 0 Å². The van der Waals surface area contributed by atoms with E-state index in [9.17, 15) is 13.2 Å². The average molecular weight is 426 g/mol. The van der Waals surface area contributed by atoms with Crippen molar-refractivity contribution in [2.75, 3.05) is 25.0 Å². The number of rotatable bonds is 8. The molecule has 0 saturated heterocycles. The van der Waals surface area contributed by atoms with E-state index in [1.165, 1.54) is 17.8 Å². The van der Waals surface area contributed by atoms with Gasteiger partial charge >= 0.3 is 6.18 Å². The fourth-order valence-corrected chi connectivity index (χ4v) is 3.14. The molecule has 0 aliphatic heterocycles. The predicted octanol–water partition coefficient (Wildman–Crippen LogP) is 3.05. The molecule has 10 heteroatoms. The first-order valence-electron chi connectivity index (χ1n) is 9.93. The molecule has 1 atom stereocenters. The Bertz CT molecular complexity index is 859. The Morgan fingerprint density at radius 1 is 1.30 bits per heavy atom. The molecule has 30 heavy (non-hydrogen) atoms. The van der Waals surface area contributed by atoms with Crippen LogP contribution in [0.5, 0.6) is 0 Å². The van der Waals surface area contributed by atoms with Crippen LogP contribution in [0.2, 0.25) is 0 Å². The highest BCUT2D eigenvalue weighted by Crippen LogP contribution is 2.33. The fraction of sp³-hybridized carbons (Fsp3) is 0.550. The largest absolute Gasteiger partial charge is 0.419 e. The average Bonchev–Trinajstić information content (AvgIpc) is 2.91. The Morgan fingerprint density at radius 3 is 2.63 bits per heavy atom. The summed E-state index contributed by atoms with van der Waals surface area (Å²) in [6.07, 6.45) is -2.33. The molecule has 2 aromatic rings. The second-order valence-corrected chi connectivity index (χ2v) is 7.11. The van der Waals surface area contributed by atoms with Crippen LogP contribution in [0.1, 0.15) is 36.4 Å². The summed E-state index contributed by atoms with van der Waals surface area (Å²) < 4.78 is 41.0. The van der Waals surface area contributed by atoms with Gasteiger partial charge in [-0.15, -0.1) is 0 Å². The highest BCUT2D eigenvalue weighted by molar-refractivity contribution is 5.80. The van der Waals surface area contributed by atoms with Crippen LogP contribution in [0.25, 0.3) is 0 Å². The topological polar surface area (TPSA) is 79.2 Å². The molecule has 3 N–H and O–H groups in total. The predicted molar refractivity (Wildman–Crippen MR) is 113 cm³/mol. The SMILES string of the molecule is CCNC(=NCCNc1ncccc1C(F)(F)F)NC(C)Cc1c(C)nn(C)c1C. The summed E-state index contributed by atoms with van der Waals surface area (Å²) in [5.74, 6) is 0.428. The number of aromatic nitrogens is 3. The number of guanidine groups is 1. The van der Waals surface area contributed by atoms with E-state index in [4.69, 9.17) is 0 Å². The van der Waals surface area contributed by atoms with E-state index in [1.54, 1.807) is 0 Å². The zero-order chi connectivity index (χ0) is 22.3. The van der Waals surface area contributed by atoms with E-state index in [0.717, 1.165) is 23.9 Å². The number of nitrogens with zero attached hydrogens (tertiary/aromatic N) is 4. The molecule has 0 amide bonds. The van der Waals surface area contributed by atoms with Crippen LogP contribution in [0.3, 0.4) is 0 Å². The maximum Gasteiger partial charge on any atom is 0.419 e. The minimum absolute atomic E-state index is 0.102. The Kier molecular flexibility index (Phi) is 8.08. The first kappa shape index (κ1) is 23.5. The monoisotopic (exact) mass is 425 g/mol. The molecule has 0 fully saturated rings. The number of halogens is 3. The summed E-state index contributed by atoms with van der Waals surface area (Å²) in [5, 5.41) is 13.7. The standard InChI is InChI=1S/C20H30F3N7/c1-6-24-19(28-13(2)12-16-14(3)29-30(5)15(16)4)27-11-10-26-18-17(20(21,22)23)8-7-9-25-18/h7-9,13H,6,10-12H2,1-5H3,(H,25,26)(H2,24,27,28). The smallest absolute Gasteiger partial charge is 0.368 e. The van der Waals surface area contributed by atoms with Crippen molar-refractivity contribution in [1.82, 2.24) is 25.4 Å². The Morgan fingerprint density at radius 2 is 2.03 bits per heavy atom. The zero-order valence-electron chi connectivity index (χ0n) is 18.1. The van der Waals surface area contributed by atoms with Gasteiger partial charge in [0.05, 0.1) is 17.8 Å². The van der Waals surface area contributed by atoms with Gasteiger partial charge in [-0.25, -0.2) is 4.98 Å². The van der Waals surface area contributed by atoms with Crippen molar-refractivity contribution in [2.24, 2.45) is 12.0 Å². The minimum Gasteiger partial charge on any atom is -0.368 e. The molecule has 2 aromatic heterocycles. The van der Waals surface area contributed by atoms with Crippen molar-refractivity contribution in [3.63, 3.8) is 0 Å². The molecule has 0 bridgehead atoms. The molecule has 7 nitrogen and oxygen atoms in total. The third-order valence-corrected chi connectivity index (χ3v) is 4.68. The third kappa shape index (κ3) is 6.36. The summed E-state index contributed by atoms with van der Waals surface area (Å²) >= 11 is 0. The van der Waals surface area contributed by atoms with Gasteiger partial charge in [0, 0.05) is 38.1 Å². The number of hydrogen-bond acceptors (Lipinski definition) is 4. The van der Waals surface area contributed by atoms with Crippen LogP contribution < -0.4 is 16.0 Å². The molecule has 2 heterocycles. The molecule has 0 aromatic carbocycles. The maximum atomic E-state index is 13.0. The van der Waals surface area contributed by atoms with Crippen LogP contribution in [0, 0.1) is 13.8 Å². The van der Waals surface area contributed by atoms with E-state index in [-0.39, 0.29) is 18.4 Å². The van der Waals surface area contributed by atoms with Gasteiger partial charge in [0.2, 0.25) is 0 Å². The lowest BCUT2D eigenvalue weighted by Gasteiger charge is -2.18. The first-order chi connectivity index (χ1) is 14.1. The molecule has 0 aliphatic carbocycles.